The van der Waals surface area contributed by atoms with Gasteiger partial charge in [-0.25, -0.2) is 0 Å². The van der Waals surface area contributed by atoms with E-state index in [1.165, 1.54) is 19.3 Å². The molecule has 0 spiro atoms. The zero-order valence-electron chi connectivity index (χ0n) is 21.5. The van der Waals surface area contributed by atoms with Crippen molar-refractivity contribution in [1.29, 1.82) is 0 Å². The van der Waals surface area contributed by atoms with E-state index in [1.54, 1.807) is 0 Å². The first-order valence-electron chi connectivity index (χ1n) is 13.7. The smallest absolute Gasteiger partial charge is 0.251 e. The third-order valence-corrected chi connectivity index (χ3v) is 7.95. The standard InChI is InChI=1S/C29H42N2O4/c1-20(2)28(33)27(22-8-4-3-5-9-22)30-29(34)24-11-6-10-23(16-24)25-12-7-15-31(17-25)26(32)19-35-18-21-13-14-21/h6,10-11,16,20-22,25,27H,3-5,7-9,12-15,17-19H2,1-2H3,(H,30,34). The van der Waals surface area contributed by atoms with E-state index in [-0.39, 0.29) is 42.0 Å². The molecule has 1 aromatic carbocycles. The molecule has 35 heavy (non-hydrogen) atoms. The Balaban J connectivity index is 1.38. The summed E-state index contributed by atoms with van der Waals surface area (Å²) < 4.78 is 5.62. The van der Waals surface area contributed by atoms with Gasteiger partial charge in [-0.3, -0.25) is 14.4 Å². The average Bonchev–Trinajstić information content (AvgIpc) is 3.72. The minimum absolute atomic E-state index is 0.0618. The molecule has 2 unspecified atom stereocenters. The summed E-state index contributed by atoms with van der Waals surface area (Å²) in [6.45, 7) is 6.12. The molecule has 4 rings (SSSR count). The van der Waals surface area contributed by atoms with Gasteiger partial charge in [0, 0.05) is 30.5 Å². The number of carbonyl (C=O) groups is 3. The van der Waals surface area contributed by atoms with Gasteiger partial charge in [-0.05, 0) is 68.1 Å². The van der Waals surface area contributed by atoms with E-state index in [0.29, 0.717) is 24.6 Å². The molecule has 1 heterocycles. The molecular weight excluding hydrogens is 440 g/mol. The van der Waals surface area contributed by atoms with Gasteiger partial charge in [0.25, 0.3) is 5.91 Å². The molecule has 1 aliphatic heterocycles. The van der Waals surface area contributed by atoms with Crippen molar-refractivity contribution in [2.75, 3.05) is 26.3 Å². The predicted octanol–water partition coefficient (Wildman–Crippen LogP) is 4.72. The number of hydrogen-bond acceptors (Lipinski definition) is 4. The van der Waals surface area contributed by atoms with Gasteiger partial charge in [-0.2, -0.15) is 0 Å². The van der Waals surface area contributed by atoms with Crippen LogP contribution in [0.25, 0.3) is 0 Å². The lowest BCUT2D eigenvalue weighted by molar-refractivity contribution is -0.137. The van der Waals surface area contributed by atoms with Crippen molar-refractivity contribution in [1.82, 2.24) is 10.2 Å². The Morgan fingerprint density at radius 3 is 2.51 bits per heavy atom. The molecule has 1 N–H and O–H groups in total. The fourth-order valence-electron chi connectivity index (χ4n) is 5.57. The minimum Gasteiger partial charge on any atom is -0.371 e. The normalized spacial score (nSPS) is 22.1. The Labute approximate surface area is 210 Å². The first-order valence-corrected chi connectivity index (χ1v) is 13.7. The number of ether oxygens (including phenoxy) is 1. The highest BCUT2D eigenvalue weighted by atomic mass is 16.5. The van der Waals surface area contributed by atoms with Gasteiger partial charge in [-0.1, -0.05) is 45.2 Å². The summed E-state index contributed by atoms with van der Waals surface area (Å²) in [6, 6.07) is 7.34. The van der Waals surface area contributed by atoms with Crippen molar-refractivity contribution in [3.63, 3.8) is 0 Å². The van der Waals surface area contributed by atoms with Crippen LogP contribution in [0.5, 0.6) is 0 Å². The van der Waals surface area contributed by atoms with Gasteiger partial charge < -0.3 is 15.0 Å². The average molecular weight is 483 g/mol. The number of piperidine rings is 1. The molecule has 6 heteroatoms. The van der Waals surface area contributed by atoms with E-state index >= 15 is 0 Å². The monoisotopic (exact) mass is 482 g/mol. The van der Waals surface area contributed by atoms with Gasteiger partial charge in [0.15, 0.2) is 5.78 Å². The third kappa shape index (κ3) is 7.16. The molecule has 0 aromatic heterocycles. The first-order chi connectivity index (χ1) is 16.9. The number of benzene rings is 1. The number of carbonyl (C=O) groups excluding carboxylic acids is 3. The Hall–Kier alpha value is -2.21. The van der Waals surface area contributed by atoms with Gasteiger partial charge in [-0.15, -0.1) is 0 Å². The van der Waals surface area contributed by atoms with E-state index in [9.17, 15) is 14.4 Å². The number of amides is 2. The third-order valence-electron chi connectivity index (χ3n) is 7.95. The topological polar surface area (TPSA) is 75.7 Å². The van der Waals surface area contributed by atoms with Gasteiger partial charge >= 0.3 is 0 Å². The Bertz CT molecular complexity index is 888. The predicted molar refractivity (Wildman–Crippen MR) is 136 cm³/mol. The van der Waals surface area contributed by atoms with E-state index in [4.69, 9.17) is 4.74 Å². The highest BCUT2D eigenvalue weighted by Gasteiger charge is 2.32. The lowest BCUT2D eigenvalue weighted by Crippen LogP contribution is -2.48. The second kappa shape index (κ2) is 12.2. The van der Waals surface area contributed by atoms with Crippen LogP contribution in [-0.4, -0.2) is 54.8 Å². The van der Waals surface area contributed by atoms with Crippen molar-refractivity contribution in [2.45, 2.75) is 83.6 Å². The molecule has 192 valence electrons. The maximum absolute atomic E-state index is 13.3. The lowest BCUT2D eigenvalue weighted by Gasteiger charge is -2.33. The van der Waals surface area contributed by atoms with Crippen LogP contribution < -0.4 is 5.32 Å². The fraction of sp³-hybridized carbons (Fsp3) is 0.690. The molecule has 2 atom stereocenters. The lowest BCUT2D eigenvalue weighted by atomic mass is 9.80. The van der Waals surface area contributed by atoms with Crippen LogP contribution >= 0.6 is 0 Å². The number of nitrogens with one attached hydrogen (secondary N) is 1. The molecular formula is C29H42N2O4. The second-order valence-corrected chi connectivity index (χ2v) is 11.2. The number of rotatable bonds is 10. The summed E-state index contributed by atoms with van der Waals surface area (Å²) in [5.41, 5.74) is 1.68. The van der Waals surface area contributed by atoms with Crippen molar-refractivity contribution >= 4 is 17.6 Å². The molecule has 1 aromatic rings. The van der Waals surface area contributed by atoms with Gasteiger partial charge in [0.1, 0.15) is 6.61 Å². The Kier molecular flexibility index (Phi) is 8.99. The molecule has 3 fully saturated rings. The van der Waals surface area contributed by atoms with Crippen LogP contribution in [0.2, 0.25) is 0 Å². The maximum atomic E-state index is 13.3. The SMILES string of the molecule is CC(C)C(=O)C(NC(=O)c1cccc(C2CCCN(C(=O)COCC3CC3)C2)c1)C1CCCCC1. The molecule has 6 nitrogen and oxygen atoms in total. The van der Waals surface area contributed by atoms with Crippen LogP contribution in [0.4, 0.5) is 0 Å². The summed E-state index contributed by atoms with van der Waals surface area (Å²) in [7, 11) is 0. The molecule has 2 aliphatic carbocycles. The quantitative estimate of drug-likeness (QED) is 0.523. The van der Waals surface area contributed by atoms with Crippen molar-refractivity contribution in [2.24, 2.45) is 17.8 Å². The maximum Gasteiger partial charge on any atom is 0.251 e. The van der Waals surface area contributed by atoms with Crippen LogP contribution in [0, 0.1) is 17.8 Å². The van der Waals surface area contributed by atoms with Crippen LogP contribution in [-0.2, 0) is 14.3 Å². The highest BCUT2D eigenvalue weighted by molar-refractivity contribution is 5.98. The summed E-state index contributed by atoms with van der Waals surface area (Å²) in [5, 5.41) is 3.11. The van der Waals surface area contributed by atoms with E-state index in [1.807, 2.05) is 36.9 Å². The zero-order chi connectivity index (χ0) is 24.8. The van der Waals surface area contributed by atoms with Gasteiger partial charge in [0.05, 0.1) is 12.6 Å². The molecule has 2 saturated carbocycles. The molecule has 2 amide bonds. The number of likely N-dealkylation sites (tertiary alicyclic amines) is 1. The number of ketones is 1. The Morgan fingerprint density at radius 2 is 1.80 bits per heavy atom. The highest BCUT2D eigenvalue weighted by Crippen LogP contribution is 2.31. The van der Waals surface area contributed by atoms with Crippen molar-refractivity contribution in [3.8, 4) is 0 Å². The summed E-state index contributed by atoms with van der Waals surface area (Å²) in [6.07, 6.45) is 9.84. The summed E-state index contributed by atoms with van der Waals surface area (Å²) >= 11 is 0. The largest absolute Gasteiger partial charge is 0.371 e. The van der Waals surface area contributed by atoms with E-state index < -0.39 is 6.04 Å². The number of hydrogen-bond donors (Lipinski definition) is 1. The summed E-state index contributed by atoms with van der Waals surface area (Å²) in [4.78, 5) is 40.8. The van der Waals surface area contributed by atoms with Crippen LogP contribution in [0.15, 0.2) is 24.3 Å². The Morgan fingerprint density at radius 1 is 1.03 bits per heavy atom. The van der Waals surface area contributed by atoms with E-state index in [0.717, 1.165) is 50.6 Å². The molecule has 0 radical (unpaired) electrons. The van der Waals surface area contributed by atoms with Crippen LogP contribution in [0.3, 0.4) is 0 Å². The number of nitrogens with zero attached hydrogens (tertiary/aromatic N) is 1. The molecule has 1 saturated heterocycles. The van der Waals surface area contributed by atoms with E-state index in [2.05, 4.69) is 11.4 Å². The zero-order valence-corrected chi connectivity index (χ0v) is 21.5. The summed E-state index contributed by atoms with van der Waals surface area (Å²) in [5.74, 6) is 1.00. The molecule has 3 aliphatic rings. The van der Waals surface area contributed by atoms with Crippen molar-refractivity contribution < 1.29 is 19.1 Å². The van der Waals surface area contributed by atoms with Crippen molar-refractivity contribution in [3.05, 3.63) is 35.4 Å². The first kappa shape index (κ1) is 25.9. The number of Topliss-reactive ketones (excluding diaryl/α,β-unsaturated/α-hetero) is 1. The molecule has 0 bridgehead atoms. The fourth-order valence-corrected chi connectivity index (χ4v) is 5.57. The minimum atomic E-state index is -0.412. The van der Waals surface area contributed by atoms with Gasteiger partial charge in [0.2, 0.25) is 5.91 Å². The second-order valence-electron chi connectivity index (χ2n) is 11.2. The van der Waals surface area contributed by atoms with Crippen LogP contribution in [0.1, 0.15) is 93.5 Å².